The summed E-state index contributed by atoms with van der Waals surface area (Å²) in [6.45, 7) is 6.08. The molecule has 1 amide bonds. The Morgan fingerprint density at radius 2 is 2.03 bits per heavy atom. The van der Waals surface area contributed by atoms with Crippen LogP contribution in [0.2, 0.25) is 0 Å². The molecule has 0 aliphatic carbocycles. The number of ether oxygens (including phenoxy) is 2. The van der Waals surface area contributed by atoms with E-state index < -0.39 is 5.91 Å². The number of phenolic OH excluding ortho intramolecular Hbond substituents is 1. The molecule has 152 valence electrons. The van der Waals surface area contributed by atoms with Gasteiger partial charge in [0.25, 0.3) is 5.91 Å². The maximum Gasteiger partial charge on any atom is 0.266 e. The van der Waals surface area contributed by atoms with E-state index in [4.69, 9.17) is 15.9 Å². The second-order valence-corrected chi connectivity index (χ2v) is 6.10. The van der Waals surface area contributed by atoms with E-state index in [2.05, 4.69) is 17.8 Å². The Morgan fingerprint density at radius 1 is 1.30 bits per heavy atom. The van der Waals surface area contributed by atoms with E-state index in [0.29, 0.717) is 35.8 Å². The highest BCUT2D eigenvalue weighted by molar-refractivity contribution is 6.09. The van der Waals surface area contributed by atoms with E-state index in [9.17, 15) is 15.2 Å². The van der Waals surface area contributed by atoms with Crippen LogP contribution in [0.1, 0.15) is 18.1 Å². The van der Waals surface area contributed by atoms with Gasteiger partial charge in [0.15, 0.2) is 11.5 Å². The first-order chi connectivity index (χ1) is 14.5. The summed E-state index contributed by atoms with van der Waals surface area (Å²) in [4.78, 5) is 12.5. The smallest absolute Gasteiger partial charge is 0.266 e. The van der Waals surface area contributed by atoms with Gasteiger partial charge in [-0.3, -0.25) is 4.79 Å². The van der Waals surface area contributed by atoms with Crippen LogP contribution in [-0.2, 0) is 11.2 Å². The van der Waals surface area contributed by atoms with Crippen molar-refractivity contribution in [2.45, 2.75) is 13.3 Å². The van der Waals surface area contributed by atoms with Crippen molar-refractivity contribution in [3.63, 3.8) is 0 Å². The third-order valence-electron chi connectivity index (χ3n) is 3.92. The SMILES string of the molecule is C#CCOc1c(CC=C)cc(/C=C(\C#N)C(=O)Nc2ccc(O)cc2)cc1OCC. The molecule has 6 heteroatoms. The molecule has 2 aromatic carbocycles. The summed E-state index contributed by atoms with van der Waals surface area (Å²) < 4.78 is 11.3. The number of terminal acetylenes is 1. The summed E-state index contributed by atoms with van der Waals surface area (Å²) in [6, 6.07) is 11.4. The van der Waals surface area contributed by atoms with Gasteiger partial charge in [0.05, 0.1) is 6.61 Å². The molecular weight excluding hydrogens is 380 g/mol. The van der Waals surface area contributed by atoms with E-state index in [1.165, 1.54) is 30.3 Å². The van der Waals surface area contributed by atoms with Gasteiger partial charge in [0.1, 0.15) is 24.0 Å². The number of nitrogens with zero attached hydrogens (tertiary/aromatic N) is 1. The predicted octanol–water partition coefficient (Wildman–Crippen LogP) is 4.08. The summed E-state index contributed by atoms with van der Waals surface area (Å²) in [5.41, 5.74) is 1.74. The van der Waals surface area contributed by atoms with E-state index >= 15 is 0 Å². The number of hydrogen-bond acceptors (Lipinski definition) is 5. The van der Waals surface area contributed by atoms with Gasteiger partial charge in [-0.2, -0.15) is 5.26 Å². The van der Waals surface area contributed by atoms with Crippen molar-refractivity contribution in [1.82, 2.24) is 0 Å². The zero-order valence-corrected chi connectivity index (χ0v) is 16.6. The Kier molecular flexibility index (Phi) is 8.11. The first-order valence-corrected chi connectivity index (χ1v) is 9.21. The highest BCUT2D eigenvalue weighted by Crippen LogP contribution is 2.34. The maximum absolute atomic E-state index is 12.5. The van der Waals surface area contributed by atoms with Crippen LogP contribution < -0.4 is 14.8 Å². The van der Waals surface area contributed by atoms with E-state index in [1.54, 1.807) is 18.2 Å². The average Bonchev–Trinajstić information content (AvgIpc) is 2.73. The molecular formula is C24H22N2O4. The zero-order chi connectivity index (χ0) is 21.9. The number of allylic oxidation sites excluding steroid dienone is 1. The molecule has 0 atom stereocenters. The van der Waals surface area contributed by atoms with Gasteiger partial charge < -0.3 is 19.9 Å². The molecule has 2 N–H and O–H groups in total. The number of carbonyl (C=O) groups is 1. The van der Waals surface area contributed by atoms with Crippen LogP contribution in [0.4, 0.5) is 5.69 Å². The Bertz CT molecular complexity index is 1020. The van der Waals surface area contributed by atoms with E-state index in [0.717, 1.165) is 5.56 Å². The minimum Gasteiger partial charge on any atom is -0.508 e. The third-order valence-corrected chi connectivity index (χ3v) is 3.92. The van der Waals surface area contributed by atoms with Crippen molar-refractivity contribution in [2.75, 3.05) is 18.5 Å². The first kappa shape index (κ1) is 22.1. The molecule has 0 aromatic heterocycles. The van der Waals surface area contributed by atoms with Gasteiger partial charge in [-0.1, -0.05) is 12.0 Å². The molecule has 0 fully saturated rings. The second kappa shape index (κ2) is 11.0. The van der Waals surface area contributed by atoms with Crippen LogP contribution in [-0.4, -0.2) is 24.2 Å². The molecule has 0 unspecified atom stereocenters. The topological polar surface area (TPSA) is 91.6 Å². The molecule has 30 heavy (non-hydrogen) atoms. The van der Waals surface area contributed by atoms with Crippen LogP contribution in [0.25, 0.3) is 6.08 Å². The highest BCUT2D eigenvalue weighted by Gasteiger charge is 2.15. The first-order valence-electron chi connectivity index (χ1n) is 9.21. The van der Waals surface area contributed by atoms with E-state index in [-0.39, 0.29) is 17.9 Å². The highest BCUT2D eigenvalue weighted by atomic mass is 16.5. The van der Waals surface area contributed by atoms with Crippen LogP contribution in [0.3, 0.4) is 0 Å². The second-order valence-electron chi connectivity index (χ2n) is 6.10. The quantitative estimate of drug-likeness (QED) is 0.217. The van der Waals surface area contributed by atoms with Crippen LogP contribution in [0.15, 0.2) is 54.6 Å². The fourth-order valence-electron chi connectivity index (χ4n) is 2.67. The van der Waals surface area contributed by atoms with Gasteiger partial charge in [-0.25, -0.2) is 0 Å². The number of nitriles is 1. The molecule has 0 saturated heterocycles. The molecule has 2 rings (SSSR count). The zero-order valence-electron chi connectivity index (χ0n) is 16.6. The standard InChI is InChI=1S/C24H22N2O4/c1-4-7-18-13-17(15-22(29-6-3)23(18)30-12-5-2)14-19(16-25)24(28)26-20-8-10-21(27)11-9-20/h2,4,8-11,13-15,27H,1,6-7,12H2,3H3,(H,26,28)/b19-14+. The molecule has 0 aliphatic heterocycles. The number of anilines is 1. The van der Waals surface area contributed by atoms with Gasteiger partial charge in [-0.15, -0.1) is 13.0 Å². The molecule has 6 nitrogen and oxygen atoms in total. The fraction of sp³-hybridized carbons (Fsp3) is 0.167. The largest absolute Gasteiger partial charge is 0.508 e. The van der Waals surface area contributed by atoms with Gasteiger partial charge >= 0.3 is 0 Å². The number of carbonyl (C=O) groups excluding carboxylic acids is 1. The summed E-state index contributed by atoms with van der Waals surface area (Å²) >= 11 is 0. The predicted molar refractivity (Wildman–Crippen MR) is 116 cm³/mol. The minimum absolute atomic E-state index is 0.0781. The van der Waals surface area contributed by atoms with Crippen molar-refractivity contribution in [1.29, 1.82) is 5.26 Å². The number of nitrogens with one attached hydrogen (secondary N) is 1. The number of rotatable bonds is 9. The summed E-state index contributed by atoms with van der Waals surface area (Å²) in [6.07, 6.45) is 8.97. The van der Waals surface area contributed by atoms with Crippen LogP contribution >= 0.6 is 0 Å². The Labute approximate surface area is 176 Å². The van der Waals surface area contributed by atoms with Crippen molar-refractivity contribution in [3.8, 4) is 35.7 Å². The summed E-state index contributed by atoms with van der Waals surface area (Å²) in [7, 11) is 0. The summed E-state index contributed by atoms with van der Waals surface area (Å²) in [5, 5.41) is 21.4. The van der Waals surface area contributed by atoms with Gasteiger partial charge in [0.2, 0.25) is 0 Å². The third kappa shape index (κ3) is 5.92. The Balaban J connectivity index is 2.41. The Morgan fingerprint density at radius 3 is 2.63 bits per heavy atom. The summed E-state index contributed by atoms with van der Waals surface area (Å²) in [5.74, 6) is 2.91. The molecule has 0 bridgehead atoms. The number of phenols is 1. The lowest BCUT2D eigenvalue weighted by atomic mass is 10.0. The van der Waals surface area contributed by atoms with Crippen molar-refractivity contribution in [3.05, 3.63) is 65.8 Å². The monoisotopic (exact) mass is 402 g/mol. The van der Waals surface area contributed by atoms with E-state index in [1.807, 2.05) is 13.0 Å². The van der Waals surface area contributed by atoms with Gasteiger partial charge in [0, 0.05) is 11.3 Å². The fourth-order valence-corrected chi connectivity index (χ4v) is 2.67. The van der Waals surface area contributed by atoms with Crippen molar-refractivity contribution in [2.24, 2.45) is 0 Å². The van der Waals surface area contributed by atoms with Crippen molar-refractivity contribution < 1.29 is 19.4 Å². The molecule has 2 aromatic rings. The molecule has 0 spiro atoms. The maximum atomic E-state index is 12.5. The van der Waals surface area contributed by atoms with Crippen molar-refractivity contribution >= 4 is 17.7 Å². The molecule has 0 radical (unpaired) electrons. The van der Waals surface area contributed by atoms with Crippen LogP contribution in [0.5, 0.6) is 17.2 Å². The molecule has 0 heterocycles. The lowest BCUT2D eigenvalue weighted by Gasteiger charge is -2.15. The minimum atomic E-state index is -0.570. The average molecular weight is 402 g/mol. The Hall–Kier alpha value is -4.16. The number of hydrogen-bond donors (Lipinski definition) is 2. The normalized spacial score (nSPS) is 10.4. The molecule has 0 saturated carbocycles. The number of benzene rings is 2. The lowest BCUT2D eigenvalue weighted by Crippen LogP contribution is -2.13. The number of aromatic hydroxyl groups is 1. The number of amides is 1. The lowest BCUT2D eigenvalue weighted by molar-refractivity contribution is -0.112. The van der Waals surface area contributed by atoms with Crippen LogP contribution in [0, 0.1) is 23.7 Å². The van der Waals surface area contributed by atoms with Gasteiger partial charge in [-0.05, 0) is 61.4 Å². The molecule has 0 aliphatic rings.